The summed E-state index contributed by atoms with van der Waals surface area (Å²) in [4.78, 5) is 21.5. The predicted molar refractivity (Wildman–Crippen MR) is 106 cm³/mol. The molecule has 0 unspecified atom stereocenters. The zero-order valence-corrected chi connectivity index (χ0v) is 16.3. The number of rotatable bonds is 7. The largest absolute Gasteiger partial charge is 0.483 e. The quantitative estimate of drug-likeness (QED) is 0.692. The molecule has 0 radical (unpaired) electrons. The van der Waals surface area contributed by atoms with Crippen LogP contribution >= 0.6 is 0 Å². The molecule has 1 N–H and O–H groups in total. The van der Waals surface area contributed by atoms with E-state index in [0.29, 0.717) is 0 Å². The first-order valence-electron chi connectivity index (χ1n) is 9.30. The maximum absolute atomic E-state index is 12.4. The minimum absolute atomic E-state index is 0.0269. The maximum atomic E-state index is 12.4. The van der Waals surface area contributed by atoms with Crippen LogP contribution in [0.2, 0.25) is 0 Å². The number of amides is 1. The molecule has 0 bridgehead atoms. The first-order chi connectivity index (χ1) is 13.0. The number of aryl methyl sites for hydroxylation is 2. The standard InChI is InChI=1S/C21H26N4O2/c1-5-12-25-20(24-17-9-7-11-22-21(17)25)16(4)23-19(26)13-27-18-10-6-8-14(2)15(18)3/h6-11,16H,5,12-13H2,1-4H3,(H,23,26)/t16-/m1/s1. The summed E-state index contributed by atoms with van der Waals surface area (Å²) in [5, 5.41) is 2.99. The van der Waals surface area contributed by atoms with Crippen LogP contribution in [0.5, 0.6) is 5.75 Å². The minimum atomic E-state index is -0.236. The van der Waals surface area contributed by atoms with Crippen LogP contribution in [0, 0.1) is 13.8 Å². The number of hydrogen-bond acceptors (Lipinski definition) is 4. The number of benzene rings is 1. The molecule has 1 aromatic carbocycles. The highest BCUT2D eigenvalue weighted by atomic mass is 16.5. The molecule has 1 atom stereocenters. The molecule has 0 saturated carbocycles. The molecule has 2 aromatic heterocycles. The van der Waals surface area contributed by atoms with Crippen LogP contribution in [0.4, 0.5) is 0 Å². The Balaban J connectivity index is 1.70. The first-order valence-corrected chi connectivity index (χ1v) is 9.30. The summed E-state index contributed by atoms with van der Waals surface area (Å²) < 4.78 is 7.78. The van der Waals surface area contributed by atoms with Gasteiger partial charge in [0.25, 0.3) is 5.91 Å². The van der Waals surface area contributed by atoms with Crippen LogP contribution in [0.15, 0.2) is 36.5 Å². The molecule has 27 heavy (non-hydrogen) atoms. The van der Waals surface area contributed by atoms with Gasteiger partial charge in [-0.3, -0.25) is 4.79 Å². The molecular weight excluding hydrogens is 340 g/mol. The van der Waals surface area contributed by atoms with Gasteiger partial charge >= 0.3 is 0 Å². The van der Waals surface area contributed by atoms with Crippen molar-refractivity contribution in [2.75, 3.05) is 6.61 Å². The van der Waals surface area contributed by atoms with Crippen LogP contribution in [0.3, 0.4) is 0 Å². The average Bonchev–Trinajstić information content (AvgIpc) is 3.02. The van der Waals surface area contributed by atoms with Gasteiger partial charge < -0.3 is 14.6 Å². The Hall–Kier alpha value is -2.89. The second-order valence-electron chi connectivity index (χ2n) is 6.74. The van der Waals surface area contributed by atoms with E-state index in [2.05, 4.69) is 26.8 Å². The minimum Gasteiger partial charge on any atom is -0.483 e. The first kappa shape index (κ1) is 18.9. The molecule has 6 nitrogen and oxygen atoms in total. The number of imidazole rings is 1. The van der Waals surface area contributed by atoms with Crippen molar-refractivity contribution in [3.05, 3.63) is 53.5 Å². The monoisotopic (exact) mass is 366 g/mol. The van der Waals surface area contributed by atoms with Crippen molar-refractivity contribution in [1.29, 1.82) is 0 Å². The van der Waals surface area contributed by atoms with Crippen LogP contribution in [-0.2, 0) is 11.3 Å². The van der Waals surface area contributed by atoms with E-state index in [0.717, 1.165) is 46.8 Å². The molecule has 2 heterocycles. The van der Waals surface area contributed by atoms with Crippen LogP contribution in [0.1, 0.15) is 43.3 Å². The van der Waals surface area contributed by atoms with E-state index in [9.17, 15) is 4.79 Å². The normalized spacial score (nSPS) is 12.1. The highest BCUT2D eigenvalue weighted by molar-refractivity contribution is 5.78. The fourth-order valence-corrected chi connectivity index (χ4v) is 3.12. The molecule has 0 spiro atoms. The molecular formula is C21H26N4O2. The van der Waals surface area contributed by atoms with Gasteiger partial charge in [-0.05, 0) is 56.5 Å². The lowest BCUT2D eigenvalue weighted by molar-refractivity contribution is -0.123. The van der Waals surface area contributed by atoms with Gasteiger partial charge in [0, 0.05) is 12.7 Å². The van der Waals surface area contributed by atoms with E-state index in [1.54, 1.807) is 6.20 Å². The van der Waals surface area contributed by atoms with E-state index in [1.807, 2.05) is 51.1 Å². The van der Waals surface area contributed by atoms with Crippen molar-refractivity contribution >= 4 is 17.1 Å². The number of fused-ring (bicyclic) bond motifs is 1. The van der Waals surface area contributed by atoms with E-state index in [4.69, 9.17) is 4.74 Å². The molecule has 3 aromatic rings. The Kier molecular flexibility index (Phi) is 5.74. The van der Waals surface area contributed by atoms with Crippen molar-refractivity contribution in [3.8, 4) is 5.75 Å². The summed E-state index contributed by atoms with van der Waals surface area (Å²) in [6, 6.07) is 9.41. The third-order valence-electron chi connectivity index (χ3n) is 4.66. The van der Waals surface area contributed by atoms with E-state index in [1.165, 1.54) is 0 Å². The Labute approximate surface area is 159 Å². The summed E-state index contributed by atoms with van der Waals surface area (Å²) in [6.45, 7) is 8.84. The third-order valence-corrected chi connectivity index (χ3v) is 4.66. The Morgan fingerprint density at radius 2 is 2.07 bits per heavy atom. The number of ether oxygens (including phenoxy) is 1. The lowest BCUT2D eigenvalue weighted by atomic mass is 10.1. The lowest BCUT2D eigenvalue weighted by Gasteiger charge is -2.16. The lowest BCUT2D eigenvalue weighted by Crippen LogP contribution is -2.32. The number of carbonyl (C=O) groups is 1. The molecule has 0 fully saturated rings. The van der Waals surface area contributed by atoms with Crippen molar-refractivity contribution in [2.24, 2.45) is 0 Å². The number of carbonyl (C=O) groups excluding carboxylic acids is 1. The zero-order valence-electron chi connectivity index (χ0n) is 16.3. The summed E-state index contributed by atoms with van der Waals surface area (Å²) >= 11 is 0. The Morgan fingerprint density at radius 1 is 1.26 bits per heavy atom. The fraction of sp³-hybridized carbons (Fsp3) is 0.381. The number of aromatic nitrogens is 3. The predicted octanol–water partition coefficient (Wildman–Crippen LogP) is 3.71. The van der Waals surface area contributed by atoms with Gasteiger partial charge in [-0.2, -0.15) is 0 Å². The van der Waals surface area contributed by atoms with Gasteiger partial charge in [-0.25, -0.2) is 9.97 Å². The van der Waals surface area contributed by atoms with Gasteiger partial charge in [-0.15, -0.1) is 0 Å². The number of pyridine rings is 1. The average molecular weight is 366 g/mol. The third kappa shape index (κ3) is 4.10. The van der Waals surface area contributed by atoms with Gasteiger partial charge in [0.1, 0.15) is 17.1 Å². The fourth-order valence-electron chi connectivity index (χ4n) is 3.12. The van der Waals surface area contributed by atoms with Gasteiger partial charge in [0.05, 0.1) is 6.04 Å². The van der Waals surface area contributed by atoms with Crippen LogP contribution in [0.25, 0.3) is 11.2 Å². The molecule has 0 aliphatic carbocycles. The van der Waals surface area contributed by atoms with Gasteiger partial charge in [-0.1, -0.05) is 19.1 Å². The Morgan fingerprint density at radius 3 is 2.85 bits per heavy atom. The number of nitrogens with zero attached hydrogens (tertiary/aromatic N) is 3. The van der Waals surface area contributed by atoms with Crippen molar-refractivity contribution < 1.29 is 9.53 Å². The van der Waals surface area contributed by atoms with Crippen molar-refractivity contribution in [2.45, 2.75) is 46.7 Å². The van der Waals surface area contributed by atoms with Gasteiger partial charge in [0.2, 0.25) is 0 Å². The van der Waals surface area contributed by atoms with E-state index in [-0.39, 0.29) is 18.6 Å². The maximum Gasteiger partial charge on any atom is 0.258 e. The van der Waals surface area contributed by atoms with Crippen molar-refractivity contribution in [1.82, 2.24) is 19.9 Å². The molecule has 0 aliphatic rings. The highest BCUT2D eigenvalue weighted by Gasteiger charge is 2.19. The van der Waals surface area contributed by atoms with E-state index < -0.39 is 0 Å². The molecule has 3 rings (SSSR count). The highest BCUT2D eigenvalue weighted by Crippen LogP contribution is 2.21. The summed E-state index contributed by atoms with van der Waals surface area (Å²) in [7, 11) is 0. The second-order valence-corrected chi connectivity index (χ2v) is 6.74. The summed E-state index contributed by atoms with van der Waals surface area (Å²) in [6.07, 6.45) is 2.73. The van der Waals surface area contributed by atoms with Crippen LogP contribution < -0.4 is 10.1 Å². The van der Waals surface area contributed by atoms with E-state index >= 15 is 0 Å². The number of hydrogen-bond donors (Lipinski definition) is 1. The molecule has 6 heteroatoms. The van der Waals surface area contributed by atoms with Crippen LogP contribution in [-0.4, -0.2) is 27.0 Å². The summed E-state index contributed by atoms with van der Waals surface area (Å²) in [5.74, 6) is 1.37. The SMILES string of the molecule is CCCn1c([C@@H](C)NC(=O)COc2cccc(C)c2C)nc2cccnc21. The van der Waals surface area contributed by atoms with Gasteiger partial charge in [0.15, 0.2) is 12.3 Å². The second kappa shape index (κ2) is 8.20. The molecule has 142 valence electrons. The Bertz CT molecular complexity index is 949. The number of nitrogens with one attached hydrogen (secondary N) is 1. The zero-order chi connectivity index (χ0) is 19.4. The molecule has 1 amide bonds. The topological polar surface area (TPSA) is 69.0 Å². The summed E-state index contributed by atoms with van der Waals surface area (Å²) in [5.41, 5.74) is 3.88. The molecule has 0 aliphatic heterocycles. The smallest absolute Gasteiger partial charge is 0.258 e. The molecule has 0 saturated heterocycles. The van der Waals surface area contributed by atoms with Crippen molar-refractivity contribution in [3.63, 3.8) is 0 Å².